The lowest BCUT2D eigenvalue weighted by Gasteiger charge is -2.27. The summed E-state index contributed by atoms with van der Waals surface area (Å²) in [5.41, 5.74) is 1.34. The molecular formula is C13H25NO. The summed E-state index contributed by atoms with van der Waals surface area (Å²) in [6.07, 6.45) is 7.59. The molecule has 2 heteroatoms. The summed E-state index contributed by atoms with van der Waals surface area (Å²) < 4.78 is 5.76. The average molecular weight is 211 g/mol. The van der Waals surface area contributed by atoms with Gasteiger partial charge in [0.1, 0.15) is 0 Å². The van der Waals surface area contributed by atoms with Gasteiger partial charge in [-0.2, -0.15) is 0 Å². The average Bonchev–Trinajstić information content (AvgIpc) is 2.29. The molecule has 0 radical (unpaired) electrons. The number of nitrogens with one attached hydrogen (secondary N) is 1. The van der Waals surface area contributed by atoms with Crippen molar-refractivity contribution in [1.82, 2.24) is 5.32 Å². The lowest BCUT2D eigenvalue weighted by Crippen LogP contribution is -2.32. The predicted octanol–water partition coefficient (Wildman–Crippen LogP) is 2.89. The van der Waals surface area contributed by atoms with E-state index in [-0.39, 0.29) is 0 Å². The van der Waals surface area contributed by atoms with Crippen LogP contribution in [0.2, 0.25) is 0 Å². The largest absolute Gasteiger partial charge is 0.378 e. The maximum Gasteiger partial charge on any atom is 0.0590 e. The summed E-state index contributed by atoms with van der Waals surface area (Å²) in [6.45, 7) is 7.20. The Morgan fingerprint density at radius 1 is 1.53 bits per heavy atom. The van der Waals surface area contributed by atoms with E-state index in [2.05, 4.69) is 18.8 Å². The highest BCUT2D eigenvalue weighted by molar-refractivity contribution is 4.96. The smallest absolute Gasteiger partial charge is 0.0590 e. The van der Waals surface area contributed by atoms with Crippen LogP contribution in [0.1, 0.15) is 45.4 Å². The molecule has 0 amide bonds. The Labute approximate surface area is 94.1 Å². The third-order valence-corrected chi connectivity index (χ3v) is 3.26. The molecule has 2 atom stereocenters. The van der Waals surface area contributed by atoms with Gasteiger partial charge in [0, 0.05) is 12.6 Å². The van der Waals surface area contributed by atoms with E-state index in [1.165, 1.54) is 24.8 Å². The molecule has 1 N–H and O–H groups in total. The van der Waals surface area contributed by atoms with Gasteiger partial charge in [0.15, 0.2) is 0 Å². The molecule has 0 aromatic rings. The zero-order chi connectivity index (χ0) is 11.1. The molecule has 2 nitrogen and oxygen atoms in total. The van der Waals surface area contributed by atoms with Crippen LogP contribution >= 0.6 is 0 Å². The third-order valence-electron chi connectivity index (χ3n) is 3.26. The molecule has 1 saturated heterocycles. The van der Waals surface area contributed by atoms with Gasteiger partial charge in [0.25, 0.3) is 0 Å². The van der Waals surface area contributed by atoms with Crippen molar-refractivity contribution in [3.63, 3.8) is 0 Å². The summed E-state index contributed by atoms with van der Waals surface area (Å²) in [6, 6.07) is 0.542. The fourth-order valence-electron chi connectivity index (χ4n) is 2.11. The van der Waals surface area contributed by atoms with E-state index < -0.39 is 0 Å². The van der Waals surface area contributed by atoms with Crippen LogP contribution < -0.4 is 5.32 Å². The van der Waals surface area contributed by atoms with E-state index >= 15 is 0 Å². The number of hydrogen-bond donors (Lipinski definition) is 1. The Morgan fingerprint density at radius 3 is 2.87 bits per heavy atom. The van der Waals surface area contributed by atoms with Crippen LogP contribution in [0.25, 0.3) is 0 Å². The first kappa shape index (κ1) is 12.7. The molecule has 1 aliphatic rings. The van der Waals surface area contributed by atoms with Crippen LogP contribution in [0.15, 0.2) is 12.2 Å². The summed E-state index contributed by atoms with van der Waals surface area (Å²) in [5.74, 6) is 0. The highest BCUT2D eigenvalue weighted by atomic mass is 16.5. The Morgan fingerprint density at radius 2 is 2.33 bits per heavy atom. The summed E-state index contributed by atoms with van der Waals surface area (Å²) in [5, 5.41) is 3.37. The molecule has 1 heterocycles. The quantitative estimate of drug-likeness (QED) is 0.682. The zero-order valence-electron chi connectivity index (χ0n) is 10.2. The highest BCUT2D eigenvalue weighted by Crippen LogP contribution is 2.19. The molecule has 0 bridgehead atoms. The number of hydrogen-bond acceptors (Lipinski definition) is 2. The summed E-state index contributed by atoms with van der Waals surface area (Å²) in [4.78, 5) is 0. The van der Waals surface area contributed by atoms with E-state index in [1.54, 1.807) is 0 Å². The van der Waals surface area contributed by atoms with Crippen molar-refractivity contribution in [2.75, 3.05) is 13.7 Å². The molecule has 15 heavy (non-hydrogen) atoms. The van der Waals surface area contributed by atoms with Gasteiger partial charge in [-0.05, 0) is 45.6 Å². The lowest BCUT2D eigenvalue weighted by molar-refractivity contribution is 0.00566. The first-order valence-electron chi connectivity index (χ1n) is 6.21. The highest BCUT2D eigenvalue weighted by Gasteiger charge is 2.18. The maximum absolute atomic E-state index is 5.76. The van der Waals surface area contributed by atoms with Crippen molar-refractivity contribution >= 4 is 0 Å². The van der Waals surface area contributed by atoms with Crippen molar-refractivity contribution in [2.24, 2.45) is 0 Å². The van der Waals surface area contributed by atoms with Crippen LogP contribution in [0.3, 0.4) is 0 Å². The van der Waals surface area contributed by atoms with E-state index in [0.29, 0.717) is 12.1 Å². The molecular weight excluding hydrogens is 186 g/mol. The lowest BCUT2D eigenvalue weighted by atomic mass is 9.97. The summed E-state index contributed by atoms with van der Waals surface area (Å²) >= 11 is 0. The Hall–Kier alpha value is -0.340. The zero-order valence-corrected chi connectivity index (χ0v) is 10.2. The molecule has 0 aromatic carbocycles. The second-order valence-corrected chi connectivity index (χ2v) is 4.52. The number of ether oxygens (including phenoxy) is 1. The second-order valence-electron chi connectivity index (χ2n) is 4.52. The molecule has 0 saturated carbocycles. The minimum Gasteiger partial charge on any atom is -0.378 e. The normalized spacial score (nSPS) is 23.7. The summed E-state index contributed by atoms with van der Waals surface area (Å²) in [7, 11) is 2.04. The van der Waals surface area contributed by atoms with E-state index in [4.69, 9.17) is 4.74 Å². The van der Waals surface area contributed by atoms with Crippen molar-refractivity contribution in [1.29, 1.82) is 0 Å². The van der Waals surface area contributed by atoms with Crippen molar-refractivity contribution < 1.29 is 4.74 Å². The molecule has 88 valence electrons. The van der Waals surface area contributed by atoms with Crippen LogP contribution in [-0.4, -0.2) is 25.8 Å². The first-order chi connectivity index (χ1) is 7.26. The maximum atomic E-state index is 5.76. The fourth-order valence-corrected chi connectivity index (χ4v) is 2.11. The van der Waals surface area contributed by atoms with Crippen molar-refractivity contribution in [3.8, 4) is 0 Å². The van der Waals surface area contributed by atoms with Gasteiger partial charge >= 0.3 is 0 Å². The minimum absolute atomic E-state index is 0.473. The van der Waals surface area contributed by atoms with Gasteiger partial charge in [0.2, 0.25) is 0 Å². The van der Waals surface area contributed by atoms with Gasteiger partial charge in [-0.25, -0.2) is 0 Å². The van der Waals surface area contributed by atoms with Crippen molar-refractivity contribution in [2.45, 2.75) is 57.6 Å². The van der Waals surface area contributed by atoms with Crippen LogP contribution in [-0.2, 0) is 4.74 Å². The molecule has 1 aliphatic heterocycles. The standard InChI is InChI=1S/C13H25NO/c1-4-11(2)9-12(14-3)10-13-7-5-6-8-15-13/h12-14H,2,4-10H2,1,3H3. The van der Waals surface area contributed by atoms with Gasteiger partial charge in [0.05, 0.1) is 6.10 Å². The van der Waals surface area contributed by atoms with E-state index in [1.807, 2.05) is 7.05 Å². The van der Waals surface area contributed by atoms with Gasteiger partial charge in [-0.3, -0.25) is 0 Å². The monoisotopic (exact) mass is 211 g/mol. The fraction of sp³-hybridized carbons (Fsp3) is 0.846. The van der Waals surface area contributed by atoms with E-state index in [0.717, 1.165) is 25.9 Å². The first-order valence-corrected chi connectivity index (χ1v) is 6.21. The molecule has 0 aromatic heterocycles. The van der Waals surface area contributed by atoms with Crippen LogP contribution in [0.4, 0.5) is 0 Å². The molecule has 0 spiro atoms. The Balaban J connectivity index is 2.28. The number of rotatable bonds is 6. The van der Waals surface area contributed by atoms with Crippen LogP contribution in [0, 0.1) is 0 Å². The van der Waals surface area contributed by atoms with Crippen molar-refractivity contribution in [3.05, 3.63) is 12.2 Å². The Kier molecular flexibility index (Phi) is 5.96. The predicted molar refractivity (Wildman–Crippen MR) is 65.1 cm³/mol. The minimum atomic E-state index is 0.473. The molecule has 0 aliphatic carbocycles. The van der Waals surface area contributed by atoms with Crippen LogP contribution in [0.5, 0.6) is 0 Å². The molecule has 1 fully saturated rings. The van der Waals surface area contributed by atoms with Gasteiger partial charge < -0.3 is 10.1 Å². The van der Waals surface area contributed by atoms with Gasteiger partial charge in [-0.15, -0.1) is 0 Å². The second kappa shape index (κ2) is 7.02. The molecule has 1 rings (SSSR count). The topological polar surface area (TPSA) is 21.3 Å². The third kappa shape index (κ3) is 4.80. The Bertz CT molecular complexity index is 185. The molecule has 2 unspecified atom stereocenters. The van der Waals surface area contributed by atoms with E-state index in [9.17, 15) is 0 Å². The van der Waals surface area contributed by atoms with Gasteiger partial charge in [-0.1, -0.05) is 19.1 Å². The SMILES string of the molecule is C=C(CC)CC(CC1CCCCO1)NC.